The summed E-state index contributed by atoms with van der Waals surface area (Å²) >= 11 is 0. The number of hydrogen-bond donors (Lipinski definition) is 9. The Labute approximate surface area is 264 Å². The molecule has 0 saturated heterocycles. The van der Waals surface area contributed by atoms with Crippen molar-refractivity contribution < 1.29 is 49.8 Å². The molecule has 0 spiro atoms. The maximum absolute atomic E-state index is 13.6. The number of unbranched alkanes of at least 4 members (excludes halogenated alkanes) is 1. The molecule has 0 aliphatic carbocycles. The molecule has 0 aromatic heterocycles. The highest BCUT2D eigenvalue weighted by atomic mass is 16.3. The van der Waals surface area contributed by atoms with Gasteiger partial charge in [0, 0.05) is 26.2 Å². The first kappa shape index (κ1) is 35.0. The third kappa shape index (κ3) is 9.25. The normalized spacial score (nSPS) is 12.0. The van der Waals surface area contributed by atoms with Gasteiger partial charge in [-0.3, -0.25) is 19.2 Å². The molecule has 0 fully saturated rings. The predicted molar refractivity (Wildman–Crippen MR) is 166 cm³/mol. The van der Waals surface area contributed by atoms with Crippen LogP contribution in [0.4, 0.5) is 0 Å². The Morgan fingerprint density at radius 2 is 1.11 bits per heavy atom. The van der Waals surface area contributed by atoms with Gasteiger partial charge < -0.3 is 51.5 Å². The maximum atomic E-state index is 13.6. The fraction of sp³-hybridized carbons (Fsp3) is 0.312. The summed E-state index contributed by atoms with van der Waals surface area (Å²) in [6.07, 6.45) is -0.300. The van der Waals surface area contributed by atoms with Crippen molar-refractivity contribution in [3.05, 3.63) is 77.4 Å². The zero-order chi connectivity index (χ0) is 33.8. The van der Waals surface area contributed by atoms with Gasteiger partial charge in [-0.1, -0.05) is 24.3 Å². The van der Waals surface area contributed by atoms with E-state index in [-0.39, 0.29) is 55.0 Å². The van der Waals surface area contributed by atoms with Crippen molar-refractivity contribution in [3.8, 4) is 28.7 Å². The summed E-state index contributed by atoms with van der Waals surface area (Å²) in [6, 6.07) is 12.3. The van der Waals surface area contributed by atoms with E-state index in [1.165, 1.54) is 72.5 Å². The quantitative estimate of drug-likeness (QED) is 0.0861. The predicted octanol–water partition coefficient (Wildman–Crippen LogP) is 1.55. The molecule has 14 heteroatoms. The second-order valence-corrected chi connectivity index (χ2v) is 10.5. The van der Waals surface area contributed by atoms with E-state index in [1.807, 2.05) is 0 Å². The summed E-state index contributed by atoms with van der Waals surface area (Å²) < 4.78 is 0. The minimum absolute atomic E-state index is 0.0742. The Hall–Kier alpha value is -5.50. The van der Waals surface area contributed by atoms with E-state index >= 15 is 0 Å². The Kier molecular flexibility index (Phi) is 12.6. The molecule has 3 rings (SSSR count). The Balaban J connectivity index is 1.64. The van der Waals surface area contributed by atoms with Crippen LogP contribution in [0.5, 0.6) is 28.7 Å². The van der Waals surface area contributed by atoms with E-state index < -0.39 is 58.8 Å². The molecule has 2 atom stereocenters. The fourth-order valence-electron chi connectivity index (χ4n) is 4.52. The van der Waals surface area contributed by atoms with Crippen molar-refractivity contribution in [1.82, 2.24) is 20.9 Å². The number of benzene rings is 3. The number of carbonyl (C=O) groups excluding carboxylic acids is 4. The van der Waals surface area contributed by atoms with Crippen LogP contribution in [-0.4, -0.2) is 97.5 Å². The summed E-state index contributed by atoms with van der Waals surface area (Å²) in [4.78, 5) is 52.7. The van der Waals surface area contributed by atoms with Crippen LogP contribution < -0.4 is 16.0 Å². The number of nitrogens with one attached hydrogen (secondary N) is 3. The lowest BCUT2D eigenvalue weighted by Gasteiger charge is -2.29. The monoisotopic (exact) mass is 638 g/mol. The number of aliphatic hydroxyl groups excluding tert-OH is 1. The molecule has 0 heterocycles. The van der Waals surface area contributed by atoms with Gasteiger partial charge in [-0.25, -0.2) is 0 Å². The topological polar surface area (TPSA) is 229 Å². The van der Waals surface area contributed by atoms with Crippen molar-refractivity contribution in [3.63, 3.8) is 0 Å². The second kappa shape index (κ2) is 16.5. The lowest BCUT2D eigenvalue weighted by Crippen LogP contribution is -2.54. The molecular formula is C32H38N4O10. The lowest BCUT2D eigenvalue weighted by atomic mass is 10.1. The van der Waals surface area contributed by atoms with Crippen LogP contribution in [0.15, 0.2) is 60.7 Å². The molecule has 46 heavy (non-hydrogen) atoms. The largest absolute Gasteiger partial charge is 0.507 e. The first-order valence-electron chi connectivity index (χ1n) is 14.6. The molecule has 9 N–H and O–H groups in total. The fourth-order valence-corrected chi connectivity index (χ4v) is 4.52. The van der Waals surface area contributed by atoms with Gasteiger partial charge >= 0.3 is 0 Å². The number of amides is 4. The van der Waals surface area contributed by atoms with Crippen LogP contribution in [-0.2, 0) is 4.79 Å². The first-order chi connectivity index (χ1) is 21.9. The second-order valence-electron chi connectivity index (χ2n) is 10.5. The standard InChI is InChI=1S/C32H38N4O10/c1-19(37)26(35-31(45)20-9-2-3-12-23(20)38)32(46)36(18-8-16-34-30(44)22-11-7-14-25(40)28(22)42)17-5-4-15-33-29(43)21-10-6-13-24(39)27(21)41/h2-3,6-7,9-14,19,26,37-42H,4-5,8,15-18H2,1H3,(H,33,43)(H,34,44)(H,35,45). The minimum Gasteiger partial charge on any atom is -0.507 e. The highest BCUT2D eigenvalue weighted by Gasteiger charge is 2.30. The average molecular weight is 639 g/mol. The van der Waals surface area contributed by atoms with E-state index in [0.29, 0.717) is 12.8 Å². The molecule has 3 aromatic carbocycles. The molecule has 0 aliphatic rings. The van der Waals surface area contributed by atoms with Crippen molar-refractivity contribution in [2.45, 2.75) is 38.3 Å². The number of rotatable bonds is 15. The third-order valence-corrected chi connectivity index (χ3v) is 7.04. The summed E-state index contributed by atoms with van der Waals surface area (Å²) in [7, 11) is 0. The smallest absolute Gasteiger partial charge is 0.255 e. The Morgan fingerprint density at radius 1 is 0.630 bits per heavy atom. The highest BCUT2D eigenvalue weighted by Crippen LogP contribution is 2.28. The van der Waals surface area contributed by atoms with Gasteiger partial charge in [0.1, 0.15) is 11.8 Å². The van der Waals surface area contributed by atoms with E-state index in [1.54, 1.807) is 0 Å². The van der Waals surface area contributed by atoms with Crippen LogP contribution >= 0.6 is 0 Å². The van der Waals surface area contributed by atoms with E-state index in [9.17, 15) is 49.8 Å². The number of nitrogens with zero attached hydrogens (tertiary/aromatic N) is 1. The third-order valence-electron chi connectivity index (χ3n) is 7.04. The molecule has 3 aromatic rings. The van der Waals surface area contributed by atoms with E-state index in [4.69, 9.17) is 0 Å². The number of hydrogen-bond acceptors (Lipinski definition) is 10. The van der Waals surface area contributed by atoms with Crippen LogP contribution in [0.25, 0.3) is 0 Å². The maximum Gasteiger partial charge on any atom is 0.255 e. The number of phenolic OH excluding ortho intramolecular Hbond substituents is 5. The molecule has 246 valence electrons. The van der Waals surface area contributed by atoms with Crippen molar-refractivity contribution in [2.24, 2.45) is 0 Å². The molecule has 0 aliphatic heterocycles. The zero-order valence-electron chi connectivity index (χ0n) is 25.1. The number of para-hydroxylation sites is 3. The first-order valence-corrected chi connectivity index (χ1v) is 14.6. The van der Waals surface area contributed by atoms with Gasteiger partial charge in [0.2, 0.25) is 5.91 Å². The van der Waals surface area contributed by atoms with Gasteiger partial charge in [-0.05, 0) is 62.6 Å². The lowest BCUT2D eigenvalue weighted by molar-refractivity contribution is -0.136. The summed E-state index contributed by atoms with van der Waals surface area (Å²) in [5.41, 5.74) is -0.313. The Morgan fingerprint density at radius 3 is 1.65 bits per heavy atom. The van der Waals surface area contributed by atoms with Gasteiger partial charge in [0.05, 0.1) is 22.8 Å². The molecule has 14 nitrogen and oxygen atoms in total. The molecular weight excluding hydrogens is 600 g/mol. The molecule has 0 saturated carbocycles. The van der Waals surface area contributed by atoms with Crippen LogP contribution in [0.2, 0.25) is 0 Å². The van der Waals surface area contributed by atoms with E-state index in [0.717, 1.165) is 0 Å². The van der Waals surface area contributed by atoms with E-state index in [2.05, 4.69) is 16.0 Å². The van der Waals surface area contributed by atoms with Gasteiger partial charge in [0.25, 0.3) is 17.7 Å². The van der Waals surface area contributed by atoms with Crippen LogP contribution in [0.1, 0.15) is 57.3 Å². The molecule has 2 unspecified atom stereocenters. The average Bonchev–Trinajstić information content (AvgIpc) is 3.02. The Bertz CT molecular complexity index is 1550. The zero-order valence-corrected chi connectivity index (χ0v) is 25.1. The number of carbonyl (C=O) groups is 4. The van der Waals surface area contributed by atoms with Crippen molar-refractivity contribution >= 4 is 23.6 Å². The van der Waals surface area contributed by atoms with Crippen LogP contribution in [0, 0.1) is 0 Å². The number of aromatic hydroxyl groups is 5. The highest BCUT2D eigenvalue weighted by molar-refractivity contribution is 6.00. The molecule has 4 amide bonds. The minimum atomic E-state index is -1.38. The van der Waals surface area contributed by atoms with Crippen molar-refractivity contribution in [1.29, 1.82) is 0 Å². The summed E-state index contributed by atoms with van der Waals surface area (Å²) in [5.74, 6) is -4.93. The van der Waals surface area contributed by atoms with Gasteiger partial charge in [-0.15, -0.1) is 0 Å². The SMILES string of the molecule is CC(O)C(NC(=O)c1ccccc1O)C(=O)N(CCCCNC(=O)c1cccc(O)c1O)CCCNC(=O)c1cccc(O)c1O. The van der Waals surface area contributed by atoms with Crippen LogP contribution in [0.3, 0.4) is 0 Å². The summed E-state index contributed by atoms with van der Waals surface area (Å²) in [6.45, 7) is 1.81. The number of phenols is 5. The summed E-state index contributed by atoms with van der Waals surface area (Å²) in [5, 5.41) is 67.3. The van der Waals surface area contributed by atoms with Crippen molar-refractivity contribution in [2.75, 3.05) is 26.2 Å². The van der Waals surface area contributed by atoms with Gasteiger partial charge in [0.15, 0.2) is 23.0 Å². The molecule has 0 radical (unpaired) electrons. The number of aliphatic hydroxyl groups is 1. The molecule has 0 bridgehead atoms. The van der Waals surface area contributed by atoms with Gasteiger partial charge in [-0.2, -0.15) is 0 Å².